The van der Waals surface area contributed by atoms with Gasteiger partial charge < -0.3 is 5.32 Å². The van der Waals surface area contributed by atoms with Crippen molar-refractivity contribution in [2.75, 3.05) is 13.1 Å². The molecule has 0 bridgehead atoms. The van der Waals surface area contributed by atoms with Gasteiger partial charge in [-0.25, -0.2) is 0 Å². The third kappa shape index (κ3) is 3.79. The van der Waals surface area contributed by atoms with Crippen LogP contribution in [0.3, 0.4) is 0 Å². The molecule has 1 N–H and O–H groups in total. The third-order valence-electron chi connectivity index (χ3n) is 4.11. The Morgan fingerprint density at radius 2 is 1.67 bits per heavy atom. The molecule has 1 atom stereocenters. The highest BCUT2D eigenvalue weighted by molar-refractivity contribution is 4.92. The predicted octanol–water partition coefficient (Wildman–Crippen LogP) is 3.45. The van der Waals surface area contributed by atoms with Crippen LogP contribution in [0.4, 0.5) is 0 Å². The fourth-order valence-corrected chi connectivity index (χ4v) is 2.86. The molecule has 2 rings (SSSR count). The van der Waals surface area contributed by atoms with Crippen LogP contribution >= 0.6 is 0 Å². The van der Waals surface area contributed by atoms with Crippen LogP contribution in [0.25, 0.3) is 0 Å². The van der Waals surface area contributed by atoms with Gasteiger partial charge in [0.15, 0.2) is 0 Å². The van der Waals surface area contributed by atoms with Crippen molar-refractivity contribution >= 4 is 0 Å². The van der Waals surface area contributed by atoms with E-state index in [1.165, 1.54) is 51.6 Å². The van der Waals surface area contributed by atoms with E-state index in [4.69, 9.17) is 0 Å². The van der Waals surface area contributed by atoms with E-state index in [0.29, 0.717) is 0 Å². The van der Waals surface area contributed by atoms with Crippen molar-refractivity contribution in [3.05, 3.63) is 0 Å². The molecule has 1 heteroatoms. The molecule has 0 aromatic rings. The molecule has 2 saturated carbocycles. The van der Waals surface area contributed by atoms with Crippen LogP contribution in [0.2, 0.25) is 0 Å². The van der Waals surface area contributed by atoms with Gasteiger partial charge in [-0.3, -0.25) is 0 Å². The minimum Gasteiger partial charge on any atom is -0.316 e. The van der Waals surface area contributed by atoms with Gasteiger partial charge in [-0.05, 0) is 68.9 Å². The molecule has 2 aliphatic rings. The summed E-state index contributed by atoms with van der Waals surface area (Å²) in [7, 11) is 0. The summed E-state index contributed by atoms with van der Waals surface area (Å²) in [5.41, 5.74) is 0. The maximum Gasteiger partial charge on any atom is -0.00151 e. The van der Waals surface area contributed by atoms with Gasteiger partial charge in [0.1, 0.15) is 0 Å². The second-order valence-corrected chi connectivity index (χ2v) is 5.89. The fraction of sp³-hybridized carbons (Fsp3) is 1.00. The van der Waals surface area contributed by atoms with Gasteiger partial charge in [0.2, 0.25) is 0 Å². The monoisotopic (exact) mass is 209 g/mol. The lowest BCUT2D eigenvalue weighted by Gasteiger charge is -2.18. The largest absolute Gasteiger partial charge is 0.316 e. The molecule has 15 heavy (non-hydrogen) atoms. The van der Waals surface area contributed by atoms with E-state index in [1.807, 2.05) is 0 Å². The summed E-state index contributed by atoms with van der Waals surface area (Å²) in [6.45, 7) is 7.21. The molecular formula is C14H27N. The SMILES string of the molecule is CCCC(C)CNCC(C1CC1)C1CC1. The highest BCUT2D eigenvalue weighted by Gasteiger charge is 2.40. The third-order valence-corrected chi connectivity index (χ3v) is 4.11. The second kappa shape index (κ2) is 5.34. The first-order chi connectivity index (χ1) is 7.31. The molecule has 2 aliphatic carbocycles. The number of hydrogen-bond acceptors (Lipinski definition) is 1. The minimum absolute atomic E-state index is 0.869. The maximum atomic E-state index is 3.71. The number of rotatable bonds is 8. The van der Waals surface area contributed by atoms with E-state index in [2.05, 4.69) is 19.2 Å². The van der Waals surface area contributed by atoms with Crippen LogP contribution in [0.15, 0.2) is 0 Å². The van der Waals surface area contributed by atoms with E-state index < -0.39 is 0 Å². The normalized spacial score (nSPS) is 23.4. The van der Waals surface area contributed by atoms with E-state index in [0.717, 1.165) is 23.7 Å². The van der Waals surface area contributed by atoms with Gasteiger partial charge >= 0.3 is 0 Å². The Bertz CT molecular complexity index is 170. The van der Waals surface area contributed by atoms with Crippen molar-refractivity contribution in [2.24, 2.45) is 23.7 Å². The Hall–Kier alpha value is -0.0400. The van der Waals surface area contributed by atoms with Crippen LogP contribution in [0.5, 0.6) is 0 Å². The molecule has 0 heterocycles. The molecule has 0 radical (unpaired) electrons. The summed E-state index contributed by atoms with van der Waals surface area (Å²) in [5.74, 6) is 4.12. The average molecular weight is 209 g/mol. The van der Waals surface area contributed by atoms with Crippen molar-refractivity contribution in [3.8, 4) is 0 Å². The van der Waals surface area contributed by atoms with Crippen LogP contribution in [0, 0.1) is 23.7 Å². The number of hydrogen-bond donors (Lipinski definition) is 1. The zero-order valence-corrected chi connectivity index (χ0v) is 10.5. The smallest absolute Gasteiger partial charge is 0.00151 e. The molecular weight excluding hydrogens is 182 g/mol. The first-order valence-corrected chi connectivity index (χ1v) is 7.02. The first kappa shape index (κ1) is 11.4. The van der Waals surface area contributed by atoms with Crippen molar-refractivity contribution in [1.82, 2.24) is 5.32 Å². The quantitative estimate of drug-likeness (QED) is 0.645. The maximum absolute atomic E-state index is 3.71. The van der Waals surface area contributed by atoms with Crippen LogP contribution < -0.4 is 5.32 Å². The Balaban J connectivity index is 1.58. The lowest BCUT2D eigenvalue weighted by atomic mass is 9.97. The summed E-state index contributed by atoms with van der Waals surface area (Å²) >= 11 is 0. The highest BCUT2D eigenvalue weighted by Crippen LogP contribution is 2.48. The van der Waals surface area contributed by atoms with Gasteiger partial charge in [0, 0.05) is 0 Å². The molecule has 0 amide bonds. The molecule has 88 valence electrons. The standard InChI is InChI=1S/C14H27N/c1-3-4-11(2)9-15-10-14(12-5-6-12)13-7-8-13/h11-15H,3-10H2,1-2H3. The van der Waals surface area contributed by atoms with Gasteiger partial charge in [-0.15, -0.1) is 0 Å². The van der Waals surface area contributed by atoms with Gasteiger partial charge in [0.25, 0.3) is 0 Å². The summed E-state index contributed by atoms with van der Waals surface area (Å²) in [6.07, 6.45) is 8.80. The van der Waals surface area contributed by atoms with Crippen molar-refractivity contribution in [1.29, 1.82) is 0 Å². The summed E-state index contributed by atoms with van der Waals surface area (Å²) in [4.78, 5) is 0. The zero-order chi connectivity index (χ0) is 10.7. The van der Waals surface area contributed by atoms with Crippen molar-refractivity contribution in [3.63, 3.8) is 0 Å². The molecule has 0 aromatic heterocycles. The van der Waals surface area contributed by atoms with Crippen LogP contribution in [-0.2, 0) is 0 Å². The van der Waals surface area contributed by atoms with Gasteiger partial charge in [-0.2, -0.15) is 0 Å². The molecule has 1 nitrogen and oxygen atoms in total. The molecule has 0 aromatic carbocycles. The first-order valence-electron chi connectivity index (χ1n) is 7.02. The zero-order valence-electron chi connectivity index (χ0n) is 10.5. The molecule has 0 spiro atoms. The predicted molar refractivity (Wildman–Crippen MR) is 65.9 cm³/mol. The van der Waals surface area contributed by atoms with E-state index in [-0.39, 0.29) is 0 Å². The summed E-state index contributed by atoms with van der Waals surface area (Å²) in [6, 6.07) is 0. The average Bonchev–Trinajstić information content (AvgIpc) is 3.03. The second-order valence-electron chi connectivity index (χ2n) is 5.89. The fourth-order valence-electron chi connectivity index (χ4n) is 2.86. The van der Waals surface area contributed by atoms with Gasteiger partial charge in [0.05, 0.1) is 0 Å². The highest BCUT2D eigenvalue weighted by atomic mass is 14.9. The Labute approximate surface area is 95.0 Å². The van der Waals surface area contributed by atoms with E-state index >= 15 is 0 Å². The van der Waals surface area contributed by atoms with Crippen molar-refractivity contribution in [2.45, 2.75) is 52.4 Å². The summed E-state index contributed by atoms with van der Waals surface area (Å²) < 4.78 is 0. The summed E-state index contributed by atoms with van der Waals surface area (Å²) in [5, 5.41) is 3.71. The Kier molecular flexibility index (Phi) is 4.07. The molecule has 2 fully saturated rings. The molecule has 1 unspecified atom stereocenters. The topological polar surface area (TPSA) is 12.0 Å². The Morgan fingerprint density at radius 1 is 1.07 bits per heavy atom. The van der Waals surface area contributed by atoms with Crippen LogP contribution in [-0.4, -0.2) is 13.1 Å². The molecule has 0 saturated heterocycles. The van der Waals surface area contributed by atoms with E-state index in [1.54, 1.807) is 0 Å². The molecule has 0 aliphatic heterocycles. The van der Waals surface area contributed by atoms with Gasteiger partial charge in [-0.1, -0.05) is 20.3 Å². The Morgan fingerprint density at radius 3 is 2.13 bits per heavy atom. The lowest BCUT2D eigenvalue weighted by Crippen LogP contribution is -2.29. The lowest BCUT2D eigenvalue weighted by molar-refractivity contribution is 0.360. The minimum atomic E-state index is 0.869. The van der Waals surface area contributed by atoms with Crippen LogP contribution in [0.1, 0.15) is 52.4 Å². The van der Waals surface area contributed by atoms with E-state index in [9.17, 15) is 0 Å². The number of nitrogens with one attached hydrogen (secondary N) is 1. The van der Waals surface area contributed by atoms with Crippen molar-refractivity contribution < 1.29 is 0 Å².